The fourth-order valence-electron chi connectivity index (χ4n) is 7.73. The highest BCUT2D eigenvalue weighted by atomic mass is 16.7. The fourth-order valence-corrected chi connectivity index (χ4v) is 7.73. The number of hydrogen-bond acceptors (Lipinski definition) is 13. The average Bonchev–Trinajstić information content (AvgIpc) is 3.41. The Hall–Kier alpha value is -8.75. The van der Waals surface area contributed by atoms with Crippen molar-refractivity contribution in [3.05, 3.63) is 233 Å². The lowest BCUT2D eigenvalue weighted by Gasteiger charge is -2.45. The highest BCUT2D eigenvalue weighted by molar-refractivity contribution is 5.92. The van der Waals surface area contributed by atoms with Gasteiger partial charge in [0.05, 0.1) is 29.4 Å². The number of amides is 1. The van der Waals surface area contributed by atoms with E-state index in [1.807, 2.05) is 54.6 Å². The van der Waals surface area contributed by atoms with Crippen molar-refractivity contribution in [1.29, 1.82) is 0 Å². The van der Waals surface area contributed by atoms with Crippen molar-refractivity contribution in [2.24, 2.45) is 0 Å². The molecular weight excluding hydrogens is 907 g/mol. The van der Waals surface area contributed by atoms with E-state index in [0.717, 1.165) is 11.1 Å². The first kappa shape index (κ1) is 48.7. The molecule has 7 aromatic rings. The van der Waals surface area contributed by atoms with E-state index in [1.54, 1.807) is 110 Å². The van der Waals surface area contributed by atoms with E-state index < -0.39 is 66.8 Å². The molecular formula is C57H49NO13. The van der Waals surface area contributed by atoms with E-state index in [4.69, 9.17) is 37.9 Å². The van der Waals surface area contributed by atoms with Gasteiger partial charge in [-0.15, -0.1) is 0 Å². The van der Waals surface area contributed by atoms with E-state index in [9.17, 15) is 24.0 Å². The number of anilines is 1. The predicted octanol–water partition coefficient (Wildman–Crippen LogP) is 10.1. The van der Waals surface area contributed by atoms with Gasteiger partial charge in [-0.05, 0) is 90.3 Å². The number of carbonyl (C=O) groups excluding carboxylic acids is 5. The van der Waals surface area contributed by atoms with E-state index in [-0.39, 0.29) is 46.7 Å². The van der Waals surface area contributed by atoms with Crippen molar-refractivity contribution >= 4 is 35.7 Å². The van der Waals surface area contributed by atoms with Gasteiger partial charge in [-0.2, -0.15) is 0 Å². The van der Waals surface area contributed by atoms with Crippen LogP contribution in [0.2, 0.25) is 0 Å². The van der Waals surface area contributed by atoms with Gasteiger partial charge in [0.2, 0.25) is 12.4 Å². The second kappa shape index (κ2) is 23.5. The van der Waals surface area contributed by atoms with Crippen LogP contribution in [0.4, 0.5) is 10.5 Å². The number of methoxy groups -OCH3 is 1. The van der Waals surface area contributed by atoms with Crippen molar-refractivity contribution in [2.45, 2.75) is 56.8 Å². The second-order valence-electron chi connectivity index (χ2n) is 16.3. The third-order valence-electron chi connectivity index (χ3n) is 11.4. The van der Waals surface area contributed by atoms with E-state index >= 15 is 0 Å². The normalized spacial score (nSPS) is 17.6. The summed E-state index contributed by atoms with van der Waals surface area (Å²) in [4.78, 5) is 69.6. The Balaban J connectivity index is 1.23. The van der Waals surface area contributed by atoms with Crippen molar-refractivity contribution in [3.8, 4) is 11.5 Å². The van der Waals surface area contributed by atoms with Gasteiger partial charge in [0.15, 0.2) is 12.2 Å². The van der Waals surface area contributed by atoms with Crippen molar-refractivity contribution in [2.75, 3.05) is 12.4 Å². The van der Waals surface area contributed by atoms with Gasteiger partial charge in [0.1, 0.15) is 30.3 Å². The van der Waals surface area contributed by atoms with E-state index in [1.165, 1.54) is 43.3 Å². The number of rotatable bonds is 17. The first-order valence-corrected chi connectivity index (χ1v) is 22.7. The van der Waals surface area contributed by atoms with E-state index in [2.05, 4.69) is 5.32 Å². The molecule has 8 rings (SSSR count). The summed E-state index contributed by atoms with van der Waals surface area (Å²) in [6, 6.07) is 54.0. The SMILES string of the molecule is COc1ccc(Cc2ccc(NC(=O)OCc3ccccc3)cc2O[C@@H]2O[C@H]([C@@H](C)OC(=O)c3ccccc3)[C@@H](OC(=O)c3ccccc3)[C@H](OC(=O)c3ccccc3)[C@H]2OC(=O)c2ccccc2)cc1. The molecule has 1 amide bonds. The van der Waals surface area contributed by atoms with Crippen LogP contribution < -0.4 is 14.8 Å². The van der Waals surface area contributed by atoms with Crippen LogP contribution in [0, 0.1) is 0 Å². The van der Waals surface area contributed by atoms with Gasteiger partial charge in [0, 0.05) is 18.2 Å². The van der Waals surface area contributed by atoms with Gasteiger partial charge in [-0.25, -0.2) is 24.0 Å². The number of carbonyl (C=O) groups is 5. The van der Waals surface area contributed by atoms with Gasteiger partial charge in [-0.3, -0.25) is 5.32 Å². The van der Waals surface area contributed by atoms with Gasteiger partial charge < -0.3 is 37.9 Å². The highest BCUT2D eigenvalue weighted by Crippen LogP contribution is 2.36. The first-order chi connectivity index (χ1) is 34.6. The molecule has 14 heteroatoms. The molecule has 1 N–H and O–H groups in total. The Kier molecular flexibility index (Phi) is 16.1. The Morgan fingerprint density at radius 1 is 0.535 bits per heavy atom. The fraction of sp³-hybridized carbons (Fsp3) is 0.175. The number of benzene rings is 7. The minimum absolute atomic E-state index is 0.00345. The summed E-state index contributed by atoms with van der Waals surface area (Å²) < 4.78 is 49.4. The Labute approximate surface area is 410 Å². The zero-order valence-electron chi connectivity index (χ0n) is 38.7. The molecule has 0 spiro atoms. The Morgan fingerprint density at radius 2 is 1.01 bits per heavy atom. The van der Waals surface area contributed by atoms with E-state index in [0.29, 0.717) is 11.3 Å². The molecule has 14 nitrogen and oxygen atoms in total. The third-order valence-corrected chi connectivity index (χ3v) is 11.4. The smallest absolute Gasteiger partial charge is 0.411 e. The van der Waals surface area contributed by atoms with Crippen LogP contribution in [0.5, 0.6) is 11.5 Å². The zero-order chi connectivity index (χ0) is 49.5. The Morgan fingerprint density at radius 3 is 1.54 bits per heavy atom. The third kappa shape index (κ3) is 12.9. The van der Waals surface area contributed by atoms with Gasteiger partial charge >= 0.3 is 30.0 Å². The van der Waals surface area contributed by atoms with Crippen molar-refractivity contribution < 1.29 is 61.9 Å². The highest BCUT2D eigenvalue weighted by Gasteiger charge is 2.56. The summed E-state index contributed by atoms with van der Waals surface area (Å²) in [7, 11) is 1.57. The minimum atomic E-state index is -1.70. The van der Waals surface area contributed by atoms with Crippen LogP contribution >= 0.6 is 0 Å². The number of nitrogens with one attached hydrogen (secondary N) is 1. The van der Waals surface area contributed by atoms with Crippen LogP contribution in [0.25, 0.3) is 0 Å². The van der Waals surface area contributed by atoms with Gasteiger partial charge in [-0.1, -0.05) is 121 Å². The van der Waals surface area contributed by atoms with Crippen LogP contribution in [0.15, 0.2) is 194 Å². The largest absolute Gasteiger partial charge is 0.497 e. The van der Waals surface area contributed by atoms with Crippen LogP contribution in [-0.2, 0) is 41.4 Å². The molecule has 6 atom stereocenters. The molecule has 0 bridgehead atoms. The molecule has 1 aliphatic heterocycles. The molecule has 0 aromatic heterocycles. The molecule has 7 aromatic carbocycles. The van der Waals surface area contributed by atoms with Crippen LogP contribution in [0.1, 0.15) is 65.0 Å². The van der Waals surface area contributed by atoms with Gasteiger partial charge in [0.25, 0.3) is 0 Å². The average molecular weight is 956 g/mol. The number of ether oxygens (including phenoxy) is 8. The molecule has 0 unspecified atom stereocenters. The molecule has 360 valence electrons. The molecule has 1 fully saturated rings. The quantitative estimate of drug-likeness (QED) is 0.0676. The lowest BCUT2D eigenvalue weighted by atomic mass is 9.94. The van der Waals surface area contributed by atoms with Crippen molar-refractivity contribution in [3.63, 3.8) is 0 Å². The second-order valence-corrected chi connectivity index (χ2v) is 16.3. The van der Waals surface area contributed by atoms with Crippen molar-refractivity contribution in [1.82, 2.24) is 0 Å². The topological polar surface area (TPSA) is 171 Å². The number of hydrogen-bond donors (Lipinski definition) is 1. The maximum atomic E-state index is 14.3. The molecule has 1 heterocycles. The maximum Gasteiger partial charge on any atom is 0.411 e. The molecule has 0 saturated carbocycles. The summed E-state index contributed by atoms with van der Waals surface area (Å²) in [6.07, 6.45) is -9.89. The van der Waals surface area contributed by atoms with Crippen LogP contribution in [0.3, 0.4) is 0 Å². The molecule has 0 radical (unpaired) electrons. The molecule has 1 aliphatic rings. The summed E-state index contributed by atoms with van der Waals surface area (Å²) in [5.41, 5.74) is 3.07. The monoisotopic (exact) mass is 955 g/mol. The molecule has 0 aliphatic carbocycles. The lowest BCUT2D eigenvalue weighted by molar-refractivity contribution is -0.284. The first-order valence-electron chi connectivity index (χ1n) is 22.7. The summed E-state index contributed by atoms with van der Waals surface area (Å²) >= 11 is 0. The standard InChI is InChI=1S/C57H49NO13/c1-37(66-52(59)40-20-10-4-11-21-40)48-49(68-53(60)41-22-12-5-13-23-41)50(69-54(61)42-24-14-6-15-25-42)51(70-55(62)43-26-16-7-17-27-43)56(71-48)67-47-35-45(58-57(63)65-36-39-18-8-3-9-19-39)31-30-44(47)34-38-28-32-46(64-2)33-29-38/h3-33,35,37,48-51,56H,34,36H2,1-2H3,(H,58,63)/t37-,48-,49-,50+,51-,56-/m1/s1. The zero-order valence-corrected chi connectivity index (χ0v) is 38.7. The maximum absolute atomic E-state index is 14.3. The molecule has 71 heavy (non-hydrogen) atoms. The lowest BCUT2D eigenvalue weighted by Crippen LogP contribution is -2.65. The number of esters is 4. The molecule has 1 saturated heterocycles. The van der Waals surface area contributed by atoms with Crippen LogP contribution in [-0.4, -0.2) is 73.9 Å². The summed E-state index contributed by atoms with van der Waals surface area (Å²) in [5, 5.41) is 2.75. The minimum Gasteiger partial charge on any atom is -0.497 e. The summed E-state index contributed by atoms with van der Waals surface area (Å²) in [5.74, 6) is -2.54. The predicted molar refractivity (Wildman–Crippen MR) is 260 cm³/mol. The Bertz CT molecular complexity index is 2890. The summed E-state index contributed by atoms with van der Waals surface area (Å²) in [6.45, 7) is 1.53.